The van der Waals surface area contributed by atoms with Gasteiger partial charge in [-0.3, -0.25) is 14.8 Å². The highest BCUT2D eigenvalue weighted by Crippen LogP contribution is 2.14. The molecule has 0 saturated carbocycles. The van der Waals surface area contributed by atoms with E-state index < -0.39 is 0 Å². The maximum atomic E-state index is 12.4. The lowest BCUT2D eigenvalue weighted by molar-refractivity contribution is -0.123. The molecule has 0 aliphatic heterocycles. The topological polar surface area (TPSA) is 59.0 Å². The molecule has 1 heterocycles. The van der Waals surface area contributed by atoms with Crippen molar-refractivity contribution in [3.05, 3.63) is 52.9 Å². The summed E-state index contributed by atoms with van der Waals surface area (Å²) in [6.45, 7) is 5.85. The maximum absolute atomic E-state index is 12.4. The van der Waals surface area contributed by atoms with Crippen molar-refractivity contribution in [2.75, 3.05) is 0 Å². The Bertz CT molecular complexity index is 674. The summed E-state index contributed by atoms with van der Waals surface area (Å²) in [7, 11) is 1.88. The fourth-order valence-corrected chi connectivity index (χ4v) is 2.91. The molecule has 6 heteroatoms. The first-order chi connectivity index (χ1) is 11.3. The number of hydrogen-bond donors (Lipinski definition) is 2. The van der Waals surface area contributed by atoms with Gasteiger partial charge in [0.25, 0.3) is 0 Å². The van der Waals surface area contributed by atoms with Crippen LogP contribution in [-0.2, 0) is 18.3 Å². The molecule has 0 radical (unpaired) electrons. The van der Waals surface area contributed by atoms with Gasteiger partial charge in [-0.2, -0.15) is 5.10 Å². The normalized spacial score (nSPS) is 20.0. The molecule has 0 bridgehead atoms. The van der Waals surface area contributed by atoms with Gasteiger partial charge in [-0.1, -0.05) is 29.3 Å². The summed E-state index contributed by atoms with van der Waals surface area (Å²) in [6.07, 6.45) is 12.3. The van der Waals surface area contributed by atoms with Crippen molar-refractivity contribution in [1.29, 1.82) is 0 Å². The van der Waals surface area contributed by atoms with Crippen LogP contribution in [0.2, 0.25) is 0 Å². The van der Waals surface area contributed by atoms with Crippen LogP contribution >= 0.6 is 11.6 Å². The van der Waals surface area contributed by atoms with Crippen LogP contribution < -0.4 is 10.6 Å². The Hall–Kier alpha value is -1.85. The summed E-state index contributed by atoms with van der Waals surface area (Å²) in [6, 6.07) is -0.284. The van der Waals surface area contributed by atoms with Gasteiger partial charge in [0.1, 0.15) is 0 Å². The van der Waals surface area contributed by atoms with E-state index in [0.717, 1.165) is 17.6 Å². The third-order valence-electron chi connectivity index (χ3n) is 3.80. The van der Waals surface area contributed by atoms with Crippen LogP contribution in [0.25, 0.3) is 0 Å². The average Bonchev–Trinajstić information content (AvgIpc) is 2.81. The van der Waals surface area contributed by atoms with Gasteiger partial charge in [-0.25, -0.2) is 0 Å². The molecule has 0 saturated heterocycles. The first-order valence-corrected chi connectivity index (χ1v) is 8.49. The van der Waals surface area contributed by atoms with E-state index in [1.54, 1.807) is 4.68 Å². The number of carbonyl (C=O) groups excluding carboxylic acids is 1. The van der Waals surface area contributed by atoms with Crippen molar-refractivity contribution < 1.29 is 4.79 Å². The van der Waals surface area contributed by atoms with Gasteiger partial charge in [0.15, 0.2) is 0 Å². The van der Waals surface area contributed by atoms with Crippen LogP contribution in [-0.4, -0.2) is 33.8 Å². The van der Waals surface area contributed by atoms with Crippen LogP contribution in [0.1, 0.15) is 26.3 Å². The quantitative estimate of drug-likeness (QED) is 0.830. The minimum atomic E-state index is -0.308. The van der Waals surface area contributed by atoms with Gasteiger partial charge in [0.2, 0.25) is 5.91 Å². The molecule has 1 aromatic rings. The molecule has 130 valence electrons. The van der Waals surface area contributed by atoms with Crippen LogP contribution in [0, 0.1) is 0 Å². The van der Waals surface area contributed by atoms with Gasteiger partial charge in [-0.15, -0.1) is 0 Å². The lowest BCUT2D eigenvalue weighted by atomic mass is 10.1. The molecule has 0 fully saturated rings. The number of amides is 1. The minimum absolute atomic E-state index is 0.0193. The summed E-state index contributed by atoms with van der Waals surface area (Å²) in [5, 5.41) is 11.2. The van der Waals surface area contributed by atoms with Crippen molar-refractivity contribution >= 4 is 17.5 Å². The van der Waals surface area contributed by atoms with Crippen LogP contribution in [0.3, 0.4) is 0 Å². The minimum Gasteiger partial charge on any atom is -0.352 e. The number of halogens is 1. The molecular weight excluding hydrogens is 324 g/mol. The van der Waals surface area contributed by atoms with Gasteiger partial charge in [-0.05, 0) is 44.9 Å². The summed E-state index contributed by atoms with van der Waals surface area (Å²) in [4.78, 5) is 12.4. The molecule has 0 spiro atoms. The van der Waals surface area contributed by atoms with E-state index in [-0.39, 0.29) is 24.0 Å². The molecule has 1 amide bonds. The first-order valence-electron chi connectivity index (χ1n) is 8.11. The molecule has 3 unspecified atom stereocenters. The molecule has 5 nitrogen and oxygen atoms in total. The summed E-state index contributed by atoms with van der Waals surface area (Å²) >= 11 is 6.05. The van der Waals surface area contributed by atoms with Crippen molar-refractivity contribution in [3.63, 3.8) is 0 Å². The van der Waals surface area contributed by atoms with E-state index in [0.29, 0.717) is 5.03 Å². The maximum Gasteiger partial charge on any atom is 0.237 e. The van der Waals surface area contributed by atoms with Gasteiger partial charge < -0.3 is 5.32 Å². The number of allylic oxidation sites excluding steroid dienone is 4. The predicted octanol–water partition coefficient (Wildman–Crippen LogP) is 2.45. The Kier molecular flexibility index (Phi) is 6.40. The Balaban J connectivity index is 1.85. The second kappa shape index (κ2) is 8.31. The first kappa shape index (κ1) is 18.5. The van der Waals surface area contributed by atoms with Crippen molar-refractivity contribution in [1.82, 2.24) is 20.4 Å². The average molecular weight is 349 g/mol. The Labute approximate surface area is 148 Å². The Morgan fingerprint density at radius 3 is 2.88 bits per heavy atom. The summed E-state index contributed by atoms with van der Waals surface area (Å²) in [5.41, 5.74) is 2.18. The fraction of sp³-hybridized carbons (Fsp3) is 0.444. The SMILES string of the molecule is CC1=CC(NC(C)C(=O)NC(C)Cc2cnn(C)c2)C=CC(Cl)=C1. The lowest BCUT2D eigenvalue weighted by Gasteiger charge is -2.21. The number of aryl methyl sites for hydroxylation is 1. The Morgan fingerprint density at radius 1 is 1.46 bits per heavy atom. The number of hydrogen-bond acceptors (Lipinski definition) is 3. The van der Waals surface area contributed by atoms with Crippen molar-refractivity contribution in [2.45, 2.75) is 45.3 Å². The molecular formula is C18H25ClN4O. The van der Waals surface area contributed by atoms with Crippen LogP contribution in [0.5, 0.6) is 0 Å². The number of aromatic nitrogens is 2. The van der Waals surface area contributed by atoms with E-state index in [1.807, 2.05) is 58.4 Å². The standard InChI is InChI=1S/C18H25ClN4O/c1-12-7-16(19)5-6-17(8-12)22-14(3)18(24)21-13(2)9-15-10-20-23(4)11-15/h5-8,10-11,13-14,17,22H,9H2,1-4H3,(H,21,24). The zero-order valence-corrected chi connectivity index (χ0v) is 15.3. The predicted molar refractivity (Wildman–Crippen MR) is 97.7 cm³/mol. The van der Waals surface area contributed by atoms with Crippen molar-refractivity contribution in [2.24, 2.45) is 7.05 Å². The summed E-state index contributed by atoms with van der Waals surface area (Å²) in [5.74, 6) is -0.0193. The molecule has 2 N–H and O–H groups in total. The molecule has 0 aromatic carbocycles. The van der Waals surface area contributed by atoms with Gasteiger partial charge >= 0.3 is 0 Å². The molecule has 1 aliphatic rings. The second-order valence-corrected chi connectivity index (χ2v) is 6.79. The highest BCUT2D eigenvalue weighted by molar-refractivity contribution is 6.31. The van der Waals surface area contributed by atoms with Crippen LogP contribution in [0.4, 0.5) is 0 Å². The zero-order valence-electron chi connectivity index (χ0n) is 14.6. The number of nitrogens with one attached hydrogen (secondary N) is 2. The van der Waals surface area contributed by atoms with E-state index in [2.05, 4.69) is 21.8 Å². The lowest BCUT2D eigenvalue weighted by Crippen LogP contribution is -2.48. The third kappa shape index (κ3) is 5.65. The largest absolute Gasteiger partial charge is 0.352 e. The molecule has 3 atom stereocenters. The molecule has 2 rings (SSSR count). The number of carbonyl (C=O) groups is 1. The number of rotatable bonds is 6. The van der Waals surface area contributed by atoms with E-state index in [4.69, 9.17) is 11.6 Å². The Morgan fingerprint density at radius 2 is 2.21 bits per heavy atom. The van der Waals surface area contributed by atoms with E-state index in [9.17, 15) is 4.79 Å². The third-order valence-corrected chi connectivity index (χ3v) is 4.03. The monoisotopic (exact) mass is 348 g/mol. The molecule has 1 aromatic heterocycles. The van der Waals surface area contributed by atoms with Gasteiger partial charge in [0.05, 0.1) is 12.2 Å². The summed E-state index contributed by atoms with van der Waals surface area (Å²) < 4.78 is 1.76. The fourth-order valence-electron chi connectivity index (χ4n) is 2.67. The highest BCUT2D eigenvalue weighted by Gasteiger charge is 2.18. The van der Waals surface area contributed by atoms with E-state index >= 15 is 0 Å². The highest BCUT2D eigenvalue weighted by atomic mass is 35.5. The molecule has 1 aliphatic carbocycles. The molecule has 24 heavy (non-hydrogen) atoms. The second-order valence-electron chi connectivity index (χ2n) is 6.35. The smallest absolute Gasteiger partial charge is 0.237 e. The van der Waals surface area contributed by atoms with E-state index in [1.165, 1.54) is 0 Å². The van der Waals surface area contributed by atoms with Crippen molar-refractivity contribution in [3.8, 4) is 0 Å². The van der Waals surface area contributed by atoms with Gasteiger partial charge in [0, 0.05) is 30.4 Å². The van der Waals surface area contributed by atoms with Crippen LogP contribution in [0.15, 0.2) is 47.3 Å². The number of nitrogens with zero attached hydrogens (tertiary/aromatic N) is 2. The zero-order chi connectivity index (χ0) is 17.7.